The summed E-state index contributed by atoms with van der Waals surface area (Å²) in [5, 5.41) is 2.66. The molecule has 210 valence electrons. The smallest absolute Gasteiger partial charge is 0.407 e. The Kier molecular flexibility index (Phi) is 8.46. The lowest BCUT2D eigenvalue weighted by Gasteiger charge is -2.37. The Balaban J connectivity index is 1.28. The van der Waals surface area contributed by atoms with E-state index in [0.717, 1.165) is 33.6 Å². The summed E-state index contributed by atoms with van der Waals surface area (Å²) in [7, 11) is 1.28. The van der Waals surface area contributed by atoms with Crippen LogP contribution in [0.1, 0.15) is 36.8 Å². The van der Waals surface area contributed by atoms with Crippen LogP contribution in [0.2, 0.25) is 0 Å². The van der Waals surface area contributed by atoms with Gasteiger partial charge in [0, 0.05) is 17.7 Å². The minimum Gasteiger partial charge on any atom is -0.453 e. The highest BCUT2D eigenvalue weighted by Gasteiger charge is 2.36. The second kappa shape index (κ2) is 12.5. The molecule has 1 saturated heterocycles. The highest BCUT2D eigenvalue weighted by atomic mass is 16.5. The number of aromatic amines is 2. The number of imidazole rings is 2. The molecule has 3 heterocycles. The summed E-state index contributed by atoms with van der Waals surface area (Å²) in [4.78, 5) is 42.1. The lowest BCUT2D eigenvalue weighted by Crippen LogP contribution is -2.54. The number of nitrogens with one attached hydrogen (secondary N) is 3. The molecule has 0 radical (unpaired) electrons. The molecule has 2 amide bonds. The molecule has 41 heavy (non-hydrogen) atoms. The maximum atomic E-state index is 13.5. The van der Waals surface area contributed by atoms with Crippen molar-refractivity contribution in [3.05, 3.63) is 84.2 Å². The average Bonchev–Trinajstić information content (AvgIpc) is 3.72. The van der Waals surface area contributed by atoms with Gasteiger partial charge in [0.25, 0.3) is 0 Å². The van der Waals surface area contributed by atoms with Crippen LogP contribution >= 0.6 is 0 Å². The number of carbonyl (C=O) groups is 2. The van der Waals surface area contributed by atoms with E-state index in [0.29, 0.717) is 25.6 Å². The van der Waals surface area contributed by atoms with Crippen LogP contribution in [-0.2, 0) is 14.3 Å². The number of nitrogens with zero attached hydrogens (tertiary/aromatic N) is 3. The first-order chi connectivity index (χ1) is 19.9. The van der Waals surface area contributed by atoms with Crippen molar-refractivity contribution in [3.63, 3.8) is 0 Å². The number of alkyl carbamates (subject to hydrolysis) is 1. The number of benzene rings is 2. The first kappa shape index (κ1) is 27.7. The molecular weight excluding hydrogens is 520 g/mol. The molecule has 2 aromatic heterocycles. The third-order valence-electron chi connectivity index (χ3n) is 6.96. The van der Waals surface area contributed by atoms with E-state index < -0.39 is 18.2 Å². The Morgan fingerprint density at radius 1 is 1.02 bits per heavy atom. The molecule has 0 saturated carbocycles. The maximum absolute atomic E-state index is 13.5. The molecule has 0 aliphatic carbocycles. The molecule has 4 aromatic rings. The molecule has 0 bridgehead atoms. The van der Waals surface area contributed by atoms with E-state index >= 15 is 0 Å². The van der Waals surface area contributed by atoms with Gasteiger partial charge in [-0.1, -0.05) is 50.0 Å². The normalized spacial score (nSPS) is 15.6. The minimum absolute atomic E-state index is 0.125. The summed E-state index contributed by atoms with van der Waals surface area (Å²) in [5.41, 5.74) is 5.60. The van der Waals surface area contributed by atoms with Gasteiger partial charge in [-0.25, -0.2) is 14.8 Å². The number of rotatable bonds is 6. The van der Waals surface area contributed by atoms with Gasteiger partial charge in [0.2, 0.25) is 5.91 Å². The number of morpholine rings is 1. The second-order valence-electron chi connectivity index (χ2n) is 10.0. The summed E-state index contributed by atoms with van der Waals surface area (Å²) in [6.07, 6.45) is 4.56. The van der Waals surface area contributed by atoms with Gasteiger partial charge in [0.05, 0.1) is 50.4 Å². The zero-order valence-corrected chi connectivity index (χ0v) is 23.2. The molecule has 5 rings (SSSR count). The zero-order valence-electron chi connectivity index (χ0n) is 23.2. The lowest BCUT2D eigenvalue weighted by molar-refractivity contribution is -0.143. The number of hydrogen-bond donors (Lipinski definition) is 3. The lowest BCUT2D eigenvalue weighted by atomic mass is 10.0. The van der Waals surface area contributed by atoms with Crippen LogP contribution in [0.4, 0.5) is 4.79 Å². The van der Waals surface area contributed by atoms with E-state index in [1.165, 1.54) is 7.11 Å². The first-order valence-electron chi connectivity index (χ1n) is 13.4. The van der Waals surface area contributed by atoms with E-state index in [9.17, 15) is 9.59 Å². The van der Waals surface area contributed by atoms with Crippen molar-refractivity contribution >= 4 is 12.0 Å². The standard InChI is InChI=1S/C31H32N6O4/c1-20(2)28(36-31(39)40-3)30(38)37-14-15-41-18-27(37)29-33-17-26(35-29)24-12-8-22(9-13-24)5-4-21-6-10-23(11-7-21)25-16-32-19-34-25/h6-13,16-17,19-20,27-28H,14-15,18H2,1-3H3,(H,32,34)(H,33,35)(H,36,39). The fourth-order valence-corrected chi connectivity index (χ4v) is 4.65. The zero-order chi connectivity index (χ0) is 28.8. The topological polar surface area (TPSA) is 125 Å². The van der Waals surface area contributed by atoms with E-state index in [2.05, 4.69) is 37.1 Å². The number of ether oxygens (including phenoxy) is 2. The fourth-order valence-electron chi connectivity index (χ4n) is 4.65. The highest BCUT2D eigenvalue weighted by molar-refractivity contribution is 5.86. The van der Waals surface area contributed by atoms with Crippen LogP contribution in [0.5, 0.6) is 0 Å². The number of carbonyl (C=O) groups excluding carboxylic acids is 2. The van der Waals surface area contributed by atoms with Gasteiger partial charge in [-0.15, -0.1) is 0 Å². The molecule has 10 nitrogen and oxygen atoms in total. The van der Waals surface area contributed by atoms with Crippen molar-refractivity contribution in [2.24, 2.45) is 5.92 Å². The number of hydrogen-bond acceptors (Lipinski definition) is 6. The fraction of sp³-hybridized carbons (Fsp3) is 0.290. The van der Waals surface area contributed by atoms with Crippen molar-refractivity contribution in [2.45, 2.75) is 25.9 Å². The summed E-state index contributed by atoms with van der Waals surface area (Å²) in [5.74, 6) is 6.71. The molecule has 0 spiro atoms. The molecule has 3 N–H and O–H groups in total. The summed E-state index contributed by atoms with van der Waals surface area (Å²) < 4.78 is 10.4. The van der Waals surface area contributed by atoms with Crippen molar-refractivity contribution in [1.29, 1.82) is 0 Å². The van der Waals surface area contributed by atoms with Crippen molar-refractivity contribution in [3.8, 4) is 34.4 Å². The first-order valence-corrected chi connectivity index (χ1v) is 13.4. The number of methoxy groups -OCH3 is 1. The Morgan fingerprint density at radius 3 is 2.27 bits per heavy atom. The molecule has 10 heteroatoms. The molecule has 1 aliphatic rings. The third kappa shape index (κ3) is 6.48. The van der Waals surface area contributed by atoms with Gasteiger partial charge < -0.3 is 29.7 Å². The Bertz CT molecular complexity index is 1530. The largest absolute Gasteiger partial charge is 0.453 e. The van der Waals surface area contributed by atoms with E-state index in [4.69, 9.17) is 9.47 Å². The van der Waals surface area contributed by atoms with Gasteiger partial charge in [-0.05, 0) is 41.3 Å². The van der Waals surface area contributed by atoms with Crippen molar-refractivity contribution in [2.75, 3.05) is 26.9 Å². The van der Waals surface area contributed by atoms with Gasteiger partial charge in [-0.3, -0.25) is 4.79 Å². The SMILES string of the molecule is COC(=O)NC(C(=O)N1CCOCC1c1ncc(-c2ccc(C#Cc3ccc(-c4cnc[nH]4)cc3)cc2)[nH]1)C(C)C. The van der Waals surface area contributed by atoms with Crippen molar-refractivity contribution in [1.82, 2.24) is 30.2 Å². The van der Waals surface area contributed by atoms with Crippen LogP contribution in [0.3, 0.4) is 0 Å². The van der Waals surface area contributed by atoms with E-state index in [-0.39, 0.29) is 11.8 Å². The average molecular weight is 553 g/mol. The Labute approximate surface area is 238 Å². The monoisotopic (exact) mass is 552 g/mol. The predicted octanol–water partition coefficient (Wildman–Crippen LogP) is 4.15. The van der Waals surface area contributed by atoms with Crippen LogP contribution in [0.15, 0.2) is 67.3 Å². The van der Waals surface area contributed by atoms with Crippen LogP contribution < -0.4 is 5.32 Å². The maximum Gasteiger partial charge on any atom is 0.407 e. The molecule has 2 aromatic carbocycles. The quantitative estimate of drug-likeness (QED) is 0.309. The molecule has 2 unspecified atom stereocenters. The van der Waals surface area contributed by atoms with Crippen LogP contribution in [-0.4, -0.2) is 69.7 Å². The molecule has 1 fully saturated rings. The molecule has 2 atom stereocenters. The Hall–Kier alpha value is -4.88. The van der Waals surface area contributed by atoms with Crippen molar-refractivity contribution < 1.29 is 19.1 Å². The van der Waals surface area contributed by atoms with Gasteiger partial charge in [0.15, 0.2) is 0 Å². The van der Waals surface area contributed by atoms with Gasteiger partial charge in [0.1, 0.15) is 17.9 Å². The van der Waals surface area contributed by atoms with E-state index in [1.54, 1.807) is 23.6 Å². The number of H-pyrrole nitrogens is 2. The summed E-state index contributed by atoms with van der Waals surface area (Å²) >= 11 is 0. The van der Waals surface area contributed by atoms with E-state index in [1.807, 2.05) is 62.4 Å². The molecule has 1 aliphatic heterocycles. The Morgan fingerprint density at radius 2 is 1.68 bits per heavy atom. The number of amides is 2. The minimum atomic E-state index is -0.722. The van der Waals surface area contributed by atoms with Gasteiger partial charge in [-0.2, -0.15) is 0 Å². The number of aromatic nitrogens is 4. The second-order valence-corrected chi connectivity index (χ2v) is 10.0. The van der Waals surface area contributed by atoms with Crippen LogP contribution in [0.25, 0.3) is 22.5 Å². The van der Waals surface area contributed by atoms with Gasteiger partial charge >= 0.3 is 6.09 Å². The predicted molar refractivity (Wildman–Crippen MR) is 153 cm³/mol. The summed E-state index contributed by atoms with van der Waals surface area (Å²) in [6, 6.07) is 14.8. The van der Waals surface area contributed by atoms with Crippen LogP contribution in [0, 0.1) is 17.8 Å². The molecular formula is C31H32N6O4. The third-order valence-corrected chi connectivity index (χ3v) is 6.96. The summed E-state index contributed by atoms with van der Waals surface area (Å²) in [6.45, 7) is 4.87. The highest BCUT2D eigenvalue weighted by Crippen LogP contribution is 2.27.